The van der Waals surface area contributed by atoms with Crippen LogP contribution in [0.1, 0.15) is 59.4 Å². The standard InChI is InChI=1S/C31H40O6/c1-19-14-22-17-30(5)24-16-23(29(3,4)34-6)12-13-31(24,18-35-30)28(36-20(2)32)26(22)27(19)37-25(33)15-21-10-8-7-9-11-21/h7-11,16-17,19,23,26-28H,12-15,18H2,1-6H3/t19-,23-,26+,27-,28+,30-,31-/m0/s1. The lowest BCUT2D eigenvalue weighted by atomic mass is 9.61. The van der Waals surface area contributed by atoms with Crippen molar-refractivity contribution in [3.05, 3.63) is 59.2 Å². The molecule has 0 radical (unpaired) electrons. The van der Waals surface area contributed by atoms with E-state index in [1.54, 1.807) is 7.11 Å². The lowest BCUT2D eigenvalue weighted by molar-refractivity contribution is -0.168. The van der Waals surface area contributed by atoms with Crippen LogP contribution in [0.25, 0.3) is 0 Å². The quantitative estimate of drug-likeness (QED) is 0.388. The first-order valence-electron chi connectivity index (χ1n) is 13.5. The summed E-state index contributed by atoms with van der Waals surface area (Å²) in [5.41, 5.74) is 1.90. The first-order valence-corrected chi connectivity index (χ1v) is 13.5. The highest BCUT2D eigenvalue weighted by molar-refractivity contribution is 5.73. The Morgan fingerprint density at radius 1 is 1.16 bits per heavy atom. The Labute approximate surface area is 220 Å². The zero-order chi connectivity index (χ0) is 26.6. The number of hydrogen-bond acceptors (Lipinski definition) is 6. The largest absolute Gasteiger partial charge is 0.461 e. The Bertz CT molecular complexity index is 1120. The number of hydrogen-bond donors (Lipinski definition) is 0. The van der Waals surface area contributed by atoms with Crippen LogP contribution in [0.15, 0.2) is 53.6 Å². The van der Waals surface area contributed by atoms with E-state index in [-0.39, 0.29) is 47.8 Å². The van der Waals surface area contributed by atoms with E-state index in [0.29, 0.717) is 6.61 Å². The molecule has 6 nitrogen and oxygen atoms in total. The molecule has 37 heavy (non-hydrogen) atoms. The Morgan fingerprint density at radius 2 is 1.89 bits per heavy atom. The Hall–Kier alpha value is -2.44. The molecular weight excluding hydrogens is 468 g/mol. The van der Waals surface area contributed by atoms with Crippen molar-refractivity contribution < 1.29 is 28.5 Å². The Kier molecular flexibility index (Phi) is 6.64. The van der Waals surface area contributed by atoms with Crippen molar-refractivity contribution in [2.75, 3.05) is 13.7 Å². The highest BCUT2D eigenvalue weighted by Crippen LogP contribution is 2.62. The third-order valence-electron chi connectivity index (χ3n) is 9.37. The second kappa shape index (κ2) is 9.39. The van der Waals surface area contributed by atoms with Gasteiger partial charge < -0.3 is 18.9 Å². The molecule has 2 fully saturated rings. The van der Waals surface area contributed by atoms with Gasteiger partial charge in [0.25, 0.3) is 0 Å². The van der Waals surface area contributed by atoms with Crippen LogP contribution < -0.4 is 0 Å². The summed E-state index contributed by atoms with van der Waals surface area (Å²) < 4.78 is 24.8. The van der Waals surface area contributed by atoms with Gasteiger partial charge in [0.15, 0.2) is 0 Å². The van der Waals surface area contributed by atoms with Crippen molar-refractivity contribution in [1.82, 2.24) is 0 Å². The van der Waals surface area contributed by atoms with E-state index in [2.05, 4.69) is 39.8 Å². The van der Waals surface area contributed by atoms with Gasteiger partial charge in [-0.05, 0) is 63.2 Å². The van der Waals surface area contributed by atoms with E-state index < -0.39 is 17.1 Å². The first-order chi connectivity index (χ1) is 17.5. The van der Waals surface area contributed by atoms with E-state index in [9.17, 15) is 9.59 Å². The van der Waals surface area contributed by atoms with Gasteiger partial charge in [-0.1, -0.05) is 48.9 Å². The van der Waals surface area contributed by atoms with Crippen LogP contribution in [-0.2, 0) is 35.0 Å². The van der Waals surface area contributed by atoms with Crippen LogP contribution in [0, 0.1) is 23.2 Å². The maximum Gasteiger partial charge on any atom is 0.310 e. The van der Waals surface area contributed by atoms with Crippen molar-refractivity contribution in [1.29, 1.82) is 0 Å². The maximum atomic E-state index is 13.1. The maximum absolute atomic E-state index is 13.1. The van der Waals surface area contributed by atoms with Crippen molar-refractivity contribution in [2.24, 2.45) is 23.2 Å². The fraction of sp³-hybridized carbons (Fsp3) is 0.613. The van der Waals surface area contributed by atoms with Crippen molar-refractivity contribution in [2.45, 2.75) is 83.7 Å². The summed E-state index contributed by atoms with van der Waals surface area (Å²) in [6.45, 7) is 10.4. The SMILES string of the molecule is COC(C)(C)[C@@H]1C=C2[C@]3(CC1)CO[C@@]2(C)C=C1C[C@H](C)[C@H](OC(=O)Cc2ccccc2)[C@@H]1[C@H]3OC(C)=O. The fourth-order valence-corrected chi connectivity index (χ4v) is 7.28. The molecule has 1 aromatic rings. The molecule has 0 unspecified atom stereocenters. The van der Waals surface area contributed by atoms with Gasteiger partial charge in [-0.25, -0.2) is 0 Å². The lowest BCUT2D eigenvalue weighted by Crippen LogP contribution is -2.51. The van der Waals surface area contributed by atoms with E-state index in [4.69, 9.17) is 18.9 Å². The minimum Gasteiger partial charge on any atom is -0.461 e. The van der Waals surface area contributed by atoms with Crippen molar-refractivity contribution >= 4 is 11.9 Å². The summed E-state index contributed by atoms with van der Waals surface area (Å²) in [5.74, 6) is -0.430. The van der Waals surface area contributed by atoms with Crippen LogP contribution in [-0.4, -0.2) is 49.1 Å². The minimum atomic E-state index is -0.590. The molecule has 1 saturated carbocycles. The second-order valence-electron chi connectivity index (χ2n) is 12.2. The van der Waals surface area contributed by atoms with E-state index in [1.807, 2.05) is 30.3 Å². The number of methoxy groups -OCH3 is 1. The first kappa shape index (κ1) is 26.2. The van der Waals surface area contributed by atoms with E-state index >= 15 is 0 Å². The number of esters is 2. The van der Waals surface area contributed by atoms with Gasteiger partial charge in [-0.2, -0.15) is 0 Å². The predicted molar refractivity (Wildman–Crippen MR) is 140 cm³/mol. The van der Waals surface area contributed by atoms with Gasteiger partial charge in [0, 0.05) is 20.0 Å². The van der Waals surface area contributed by atoms with Gasteiger partial charge in [-0.3, -0.25) is 9.59 Å². The minimum absolute atomic E-state index is 0.114. The fourth-order valence-electron chi connectivity index (χ4n) is 7.28. The Morgan fingerprint density at radius 3 is 2.57 bits per heavy atom. The highest BCUT2D eigenvalue weighted by Gasteiger charge is 2.65. The van der Waals surface area contributed by atoms with Gasteiger partial charge in [0.05, 0.1) is 30.0 Å². The molecule has 5 rings (SSSR count). The molecule has 2 bridgehead atoms. The summed E-state index contributed by atoms with van der Waals surface area (Å²) in [7, 11) is 1.76. The normalized spacial score (nSPS) is 36.5. The zero-order valence-corrected chi connectivity index (χ0v) is 22.9. The number of carbonyl (C=O) groups excluding carboxylic acids is 2. The lowest BCUT2D eigenvalue weighted by Gasteiger charge is -2.46. The highest BCUT2D eigenvalue weighted by atomic mass is 16.6. The smallest absolute Gasteiger partial charge is 0.310 e. The van der Waals surface area contributed by atoms with Crippen LogP contribution in [0.4, 0.5) is 0 Å². The monoisotopic (exact) mass is 508 g/mol. The van der Waals surface area contributed by atoms with Crippen LogP contribution in [0.2, 0.25) is 0 Å². The summed E-state index contributed by atoms with van der Waals surface area (Å²) >= 11 is 0. The van der Waals surface area contributed by atoms with Crippen molar-refractivity contribution in [3.8, 4) is 0 Å². The summed E-state index contributed by atoms with van der Waals surface area (Å²) in [6, 6.07) is 9.66. The molecule has 200 valence electrons. The molecule has 0 aromatic heterocycles. The zero-order valence-electron chi connectivity index (χ0n) is 22.9. The topological polar surface area (TPSA) is 71.1 Å². The summed E-state index contributed by atoms with van der Waals surface area (Å²) in [6.07, 6.45) is 6.46. The van der Waals surface area contributed by atoms with Gasteiger partial charge in [0.2, 0.25) is 0 Å². The third kappa shape index (κ3) is 4.46. The van der Waals surface area contributed by atoms with E-state index in [0.717, 1.165) is 30.4 Å². The van der Waals surface area contributed by atoms with Crippen molar-refractivity contribution in [3.63, 3.8) is 0 Å². The average molecular weight is 509 g/mol. The summed E-state index contributed by atoms with van der Waals surface area (Å²) in [4.78, 5) is 25.6. The number of ether oxygens (including phenoxy) is 4. The Balaban J connectivity index is 1.54. The molecule has 1 aromatic carbocycles. The number of rotatable bonds is 6. The van der Waals surface area contributed by atoms with Gasteiger partial charge >= 0.3 is 11.9 Å². The number of carbonyl (C=O) groups is 2. The molecule has 1 aliphatic heterocycles. The molecular formula is C31H40O6. The third-order valence-corrected chi connectivity index (χ3v) is 9.37. The van der Waals surface area contributed by atoms with Crippen LogP contribution in [0.5, 0.6) is 0 Å². The van der Waals surface area contributed by atoms with E-state index in [1.165, 1.54) is 12.5 Å². The molecule has 3 aliphatic carbocycles. The van der Waals surface area contributed by atoms with Gasteiger partial charge in [0.1, 0.15) is 17.8 Å². The molecule has 1 saturated heterocycles. The molecule has 6 heteroatoms. The number of fused-ring (bicyclic) bond motifs is 1. The second-order valence-corrected chi connectivity index (χ2v) is 12.2. The average Bonchev–Trinajstić information content (AvgIpc) is 3.28. The molecule has 0 amide bonds. The summed E-state index contributed by atoms with van der Waals surface area (Å²) in [5, 5.41) is 0. The molecule has 0 spiro atoms. The molecule has 0 N–H and O–H groups in total. The molecule has 7 atom stereocenters. The van der Waals surface area contributed by atoms with Crippen LogP contribution >= 0.6 is 0 Å². The molecule has 1 heterocycles. The molecule has 4 aliphatic rings. The predicted octanol–water partition coefficient (Wildman–Crippen LogP) is 5.21. The van der Waals surface area contributed by atoms with Gasteiger partial charge in [-0.15, -0.1) is 0 Å². The number of benzene rings is 1. The van der Waals surface area contributed by atoms with Crippen LogP contribution in [0.3, 0.4) is 0 Å².